The summed E-state index contributed by atoms with van der Waals surface area (Å²) in [5.41, 5.74) is 1.01. The molecule has 132 valence electrons. The van der Waals surface area contributed by atoms with Crippen LogP contribution in [0.1, 0.15) is 42.5 Å². The summed E-state index contributed by atoms with van der Waals surface area (Å²) in [6.07, 6.45) is 4.40. The molecule has 1 heterocycles. The third-order valence-corrected chi connectivity index (χ3v) is 5.19. The molecule has 1 N–H and O–H groups in total. The van der Waals surface area contributed by atoms with Crippen molar-refractivity contribution in [3.63, 3.8) is 0 Å². The zero-order valence-electron chi connectivity index (χ0n) is 14.6. The lowest BCUT2D eigenvalue weighted by Crippen LogP contribution is -2.42. The quantitative estimate of drug-likeness (QED) is 0.824. The van der Waals surface area contributed by atoms with Gasteiger partial charge in [0, 0.05) is 17.1 Å². The van der Waals surface area contributed by atoms with Crippen molar-refractivity contribution < 1.29 is 9.59 Å². The number of hydrogen-bond acceptors (Lipinski definition) is 4. The molecule has 1 atom stereocenters. The molecule has 1 aliphatic rings. The second-order valence-corrected chi connectivity index (χ2v) is 7.63. The highest BCUT2D eigenvalue weighted by Crippen LogP contribution is 2.31. The number of benzene rings is 1. The van der Waals surface area contributed by atoms with E-state index in [1.54, 1.807) is 11.1 Å². The molecular formula is C19H23N3O2S. The van der Waals surface area contributed by atoms with Crippen molar-refractivity contribution in [1.82, 2.24) is 9.88 Å². The first-order chi connectivity index (χ1) is 12.1. The van der Waals surface area contributed by atoms with Crippen LogP contribution in [0, 0.1) is 6.92 Å². The lowest BCUT2D eigenvalue weighted by atomic mass is 9.95. The van der Waals surface area contributed by atoms with E-state index in [0.717, 1.165) is 29.7 Å². The lowest BCUT2D eigenvalue weighted by Gasteiger charge is -2.26. The molecule has 25 heavy (non-hydrogen) atoms. The summed E-state index contributed by atoms with van der Waals surface area (Å²) in [6, 6.07) is 10.00. The van der Waals surface area contributed by atoms with Gasteiger partial charge in [0.1, 0.15) is 6.54 Å². The summed E-state index contributed by atoms with van der Waals surface area (Å²) in [7, 11) is 0. The molecule has 1 aliphatic carbocycles. The fraction of sp³-hybridized carbons (Fsp3) is 0.421. The van der Waals surface area contributed by atoms with Crippen LogP contribution in [0.15, 0.2) is 36.5 Å². The zero-order valence-corrected chi connectivity index (χ0v) is 15.4. The Hall–Kier alpha value is -2.21. The number of anilines is 1. The fourth-order valence-corrected chi connectivity index (χ4v) is 3.62. The summed E-state index contributed by atoms with van der Waals surface area (Å²) in [5, 5.41) is 3.39. The van der Waals surface area contributed by atoms with E-state index in [1.807, 2.05) is 44.2 Å². The largest absolute Gasteiger partial charge is 0.330 e. The van der Waals surface area contributed by atoms with Crippen molar-refractivity contribution in [2.45, 2.75) is 45.1 Å². The maximum Gasteiger partial charge on any atom is 0.245 e. The molecule has 1 saturated carbocycles. The zero-order chi connectivity index (χ0) is 17.8. The molecule has 6 heteroatoms. The molecule has 0 bridgehead atoms. The van der Waals surface area contributed by atoms with E-state index >= 15 is 0 Å². The van der Waals surface area contributed by atoms with Crippen LogP contribution in [0.3, 0.4) is 0 Å². The first kappa shape index (κ1) is 17.6. The number of thiazole rings is 1. The van der Waals surface area contributed by atoms with E-state index in [-0.39, 0.29) is 30.3 Å². The molecule has 1 unspecified atom stereocenters. The summed E-state index contributed by atoms with van der Waals surface area (Å²) in [5.74, 6) is -0.337. The van der Waals surface area contributed by atoms with Gasteiger partial charge in [-0.2, -0.15) is 0 Å². The Kier molecular flexibility index (Phi) is 5.48. The Labute approximate surface area is 152 Å². The fourth-order valence-electron chi connectivity index (χ4n) is 2.94. The maximum absolute atomic E-state index is 13.1. The minimum Gasteiger partial charge on any atom is -0.330 e. The summed E-state index contributed by atoms with van der Waals surface area (Å²) in [6.45, 7) is 4.05. The van der Waals surface area contributed by atoms with E-state index < -0.39 is 0 Å². The van der Waals surface area contributed by atoms with Crippen LogP contribution in [0.5, 0.6) is 0 Å². The van der Waals surface area contributed by atoms with Crippen molar-refractivity contribution in [2.24, 2.45) is 0 Å². The second kappa shape index (κ2) is 7.78. The molecule has 0 radical (unpaired) electrons. The van der Waals surface area contributed by atoms with Crippen molar-refractivity contribution in [3.8, 4) is 0 Å². The van der Waals surface area contributed by atoms with Gasteiger partial charge >= 0.3 is 0 Å². The Balaban J connectivity index is 1.69. The molecule has 3 rings (SSSR count). The average molecular weight is 357 g/mol. The Morgan fingerprint density at radius 1 is 1.32 bits per heavy atom. The van der Waals surface area contributed by atoms with E-state index in [2.05, 4.69) is 10.3 Å². The number of nitrogens with zero attached hydrogens (tertiary/aromatic N) is 2. The third-order valence-electron chi connectivity index (χ3n) is 4.36. The van der Waals surface area contributed by atoms with Gasteiger partial charge in [-0.1, -0.05) is 37.3 Å². The number of hydrogen-bond donors (Lipinski definition) is 1. The highest BCUT2D eigenvalue weighted by atomic mass is 32.1. The van der Waals surface area contributed by atoms with Crippen molar-refractivity contribution in [2.75, 3.05) is 11.9 Å². The number of nitrogens with one attached hydrogen (secondary N) is 1. The molecule has 2 amide bonds. The lowest BCUT2D eigenvalue weighted by molar-refractivity contribution is -0.136. The second-order valence-electron chi connectivity index (χ2n) is 6.39. The smallest absolute Gasteiger partial charge is 0.245 e. The predicted molar refractivity (Wildman–Crippen MR) is 99.7 cm³/mol. The molecule has 0 aliphatic heterocycles. The van der Waals surface area contributed by atoms with Gasteiger partial charge < -0.3 is 10.2 Å². The van der Waals surface area contributed by atoms with Gasteiger partial charge in [-0.3, -0.25) is 9.59 Å². The number of amides is 2. The van der Waals surface area contributed by atoms with Gasteiger partial charge in [-0.15, -0.1) is 11.3 Å². The van der Waals surface area contributed by atoms with Gasteiger partial charge in [-0.25, -0.2) is 4.98 Å². The van der Waals surface area contributed by atoms with E-state index in [4.69, 9.17) is 0 Å². The highest BCUT2D eigenvalue weighted by molar-refractivity contribution is 7.15. The van der Waals surface area contributed by atoms with Crippen LogP contribution in [-0.2, 0) is 9.59 Å². The van der Waals surface area contributed by atoms with Crippen LogP contribution >= 0.6 is 11.3 Å². The molecule has 1 fully saturated rings. The Bertz CT molecular complexity index is 740. The van der Waals surface area contributed by atoms with Gasteiger partial charge in [-0.05, 0) is 31.7 Å². The van der Waals surface area contributed by atoms with Crippen LogP contribution < -0.4 is 5.32 Å². The van der Waals surface area contributed by atoms with Crippen LogP contribution in [0.25, 0.3) is 0 Å². The van der Waals surface area contributed by atoms with Crippen LogP contribution in [-0.4, -0.2) is 34.3 Å². The first-order valence-corrected chi connectivity index (χ1v) is 9.47. The highest BCUT2D eigenvalue weighted by Gasteiger charge is 2.36. The summed E-state index contributed by atoms with van der Waals surface area (Å²) < 4.78 is 0. The van der Waals surface area contributed by atoms with Crippen molar-refractivity contribution in [3.05, 3.63) is 47.0 Å². The number of rotatable bonds is 7. The molecule has 1 aromatic carbocycles. The molecule has 2 aromatic rings. The molecular weight excluding hydrogens is 334 g/mol. The Morgan fingerprint density at radius 2 is 2.04 bits per heavy atom. The number of aryl methyl sites for hydroxylation is 1. The van der Waals surface area contributed by atoms with Gasteiger partial charge in [0.05, 0.1) is 5.92 Å². The minimum atomic E-state index is -0.197. The monoisotopic (exact) mass is 357 g/mol. The number of carbonyl (C=O) groups is 2. The topological polar surface area (TPSA) is 62.3 Å². The van der Waals surface area contributed by atoms with Gasteiger partial charge in [0.2, 0.25) is 11.8 Å². The minimum absolute atomic E-state index is 0.0432. The first-order valence-electron chi connectivity index (χ1n) is 8.66. The number of aromatic nitrogens is 1. The summed E-state index contributed by atoms with van der Waals surface area (Å²) >= 11 is 1.44. The third kappa shape index (κ3) is 4.45. The van der Waals surface area contributed by atoms with Gasteiger partial charge in [0.15, 0.2) is 5.13 Å². The van der Waals surface area contributed by atoms with Crippen LogP contribution in [0.2, 0.25) is 0 Å². The van der Waals surface area contributed by atoms with E-state index in [9.17, 15) is 9.59 Å². The van der Waals surface area contributed by atoms with E-state index in [1.165, 1.54) is 11.3 Å². The van der Waals surface area contributed by atoms with Gasteiger partial charge in [0.25, 0.3) is 0 Å². The maximum atomic E-state index is 13.1. The molecule has 0 spiro atoms. The van der Waals surface area contributed by atoms with Crippen LogP contribution in [0.4, 0.5) is 5.13 Å². The van der Waals surface area contributed by atoms with Crippen molar-refractivity contribution in [1.29, 1.82) is 0 Å². The SMILES string of the molecule is CCC(C(=O)N(CC(=O)Nc1ncc(C)s1)C1CC1)c1ccccc1. The Morgan fingerprint density at radius 3 is 2.60 bits per heavy atom. The predicted octanol–water partition coefficient (Wildman–Crippen LogP) is 3.57. The molecule has 0 saturated heterocycles. The average Bonchev–Trinajstić information content (AvgIpc) is 3.37. The number of carbonyl (C=O) groups excluding carboxylic acids is 2. The normalized spacial score (nSPS) is 14.8. The standard InChI is InChI=1S/C19H23N3O2S/c1-3-16(14-7-5-4-6-8-14)18(24)22(15-9-10-15)12-17(23)21-19-20-11-13(2)25-19/h4-8,11,15-16H,3,9-10,12H2,1-2H3,(H,20,21,23). The van der Waals surface area contributed by atoms with E-state index in [0.29, 0.717) is 5.13 Å². The van der Waals surface area contributed by atoms with Crippen molar-refractivity contribution >= 4 is 28.3 Å². The summed E-state index contributed by atoms with van der Waals surface area (Å²) in [4.78, 5) is 32.4. The molecule has 1 aromatic heterocycles. The molecule has 5 nitrogen and oxygen atoms in total.